The number of hydrogen-bond donors (Lipinski definition) is 2. The Hall–Kier alpha value is -0.960. The zero-order valence-electron chi connectivity index (χ0n) is 12.2. The maximum Gasteiger partial charge on any atom is 0.279 e. The first-order chi connectivity index (χ1) is 9.56. The number of aromatic nitrogens is 2. The van der Waals surface area contributed by atoms with Gasteiger partial charge in [-0.2, -0.15) is 12.7 Å². The maximum absolute atomic E-state index is 11.9. The van der Waals surface area contributed by atoms with Crippen LogP contribution in [0.25, 0.3) is 0 Å². The van der Waals surface area contributed by atoms with Crippen molar-refractivity contribution in [2.24, 2.45) is 0 Å². The molecule has 0 aliphatic rings. The van der Waals surface area contributed by atoms with Gasteiger partial charge in [0.15, 0.2) is 0 Å². The summed E-state index contributed by atoms with van der Waals surface area (Å²) in [7, 11) is -1.79. The third-order valence-electron chi connectivity index (χ3n) is 2.88. The van der Waals surface area contributed by atoms with Crippen molar-refractivity contribution in [3.05, 3.63) is 18.7 Å². The lowest BCUT2D eigenvalue weighted by atomic mass is 10.4. The molecule has 0 saturated carbocycles. The van der Waals surface area contributed by atoms with Crippen LogP contribution in [0.4, 0.5) is 0 Å². The van der Waals surface area contributed by atoms with Crippen molar-refractivity contribution in [3.63, 3.8) is 0 Å². The summed E-state index contributed by atoms with van der Waals surface area (Å²) in [4.78, 5) is 3.91. The number of imidazole rings is 1. The number of nitrogens with one attached hydrogen (secondary N) is 2. The Bertz CT molecular complexity index is 446. The standard InChI is InChI=1S/C12H25N5O2S/c1-3-5-13-6-4-9-16(2)20(18,19)15-8-11-17-10-7-14-12-17/h7,10,12-13,15H,3-6,8-9,11H2,1-2H3. The molecule has 7 nitrogen and oxygen atoms in total. The first-order valence-corrected chi connectivity index (χ1v) is 8.37. The monoisotopic (exact) mass is 303 g/mol. The number of nitrogens with zero attached hydrogens (tertiary/aromatic N) is 3. The molecule has 8 heteroatoms. The minimum absolute atomic E-state index is 0.358. The summed E-state index contributed by atoms with van der Waals surface area (Å²) in [6.07, 6.45) is 7.03. The van der Waals surface area contributed by atoms with Crippen LogP contribution in [0.3, 0.4) is 0 Å². The molecular formula is C12H25N5O2S. The Balaban J connectivity index is 2.21. The predicted octanol–water partition coefficient (Wildman–Crippen LogP) is 0.0390. The minimum Gasteiger partial charge on any atom is -0.336 e. The van der Waals surface area contributed by atoms with Crippen molar-refractivity contribution < 1.29 is 8.42 Å². The molecule has 0 aromatic carbocycles. The lowest BCUT2D eigenvalue weighted by molar-refractivity contribution is 0.443. The van der Waals surface area contributed by atoms with E-state index in [0.717, 1.165) is 25.9 Å². The van der Waals surface area contributed by atoms with Gasteiger partial charge in [0.2, 0.25) is 0 Å². The fraction of sp³-hybridized carbons (Fsp3) is 0.750. The van der Waals surface area contributed by atoms with Gasteiger partial charge in [-0.3, -0.25) is 0 Å². The van der Waals surface area contributed by atoms with E-state index in [1.165, 1.54) is 4.31 Å². The Kier molecular flexibility index (Phi) is 7.75. The van der Waals surface area contributed by atoms with Gasteiger partial charge in [0.1, 0.15) is 0 Å². The average molecular weight is 303 g/mol. The molecule has 0 aliphatic carbocycles. The van der Waals surface area contributed by atoms with E-state index in [0.29, 0.717) is 19.6 Å². The fourth-order valence-electron chi connectivity index (χ4n) is 1.68. The van der Waals surface area contributed by atoms with Crippen molar-refractivity contribution >= 4 is 10.2 Å². The maximum atomic E-state index is 11.9. The second kappa shape index (κ2) is 9.06. The highest BCUT2D eigenvalue weighted by atomic mass is 32.2. The predicted molar refractivity (Wildman–Crippen MR) is 79.6 cm³/mol. The molecule has 1 heterocycles. The molecule has 0 amide bonds. The van der Waals surface area contributed by atoms with Gasteiger partial charge >= 0.3 is 0 Å². The molecular weight excluding hydrogens is 278 g/mol. The van der Waals surface area contributed by atoms with Gasteiger partial charge in [-0.25, -0.2) is 9.71 Å². The largest absolute Gasteiger partial charge is 0.336 e. The van der Waals surface area contributed by atoms with Gasteiger partial charge in [-0.15, -0.1) is 0 Å². The summed E-state index contributed by atoms with van der Waals surface area (Å²) < 4.78 is 29.7. The van der Waals surface area contributed by atoms with Crippen LogP contribution in [0, 0.1) is 0 Å². The van der Waals surface area contributed by atoms with Gasteiger partial charge in [0.25, 0.3) is 10.2 Å². The van der Waals surface area contributed by atoms with Crippen LogP contribution >= 0.6 is 0 Å². The average Bonchev–Trinajstić information content (AvgIpc) is 2.91. The zero-order chi connectivity index (χ0) is 14.8. The molecule has 1 rings (SSSR count). The summed E-state index contributed by atoms with van der Waals surface area (Å²) in [5.41, 5.74) is 0. The Morgan fingerprint density at radius 2 is 2.10 bits per heavy atom. The van der Waals surface area contributed by atoms with Gasteiger partial charge < -0.3 is 9.88 Å². The summed E-state index contributed by atoms with van der Waals surface area (Å²) >= 11 is 0. The van der Waals surface area contributed by atoms with Crippen LogP contribution < -0.4 is 10.0 Å². The van der Waals surface area contributed by atoms with E-state index >= 15 is 0 Å². The van der Waals surface area contributed by atoms with E-state index in [9.17, 15) is 8.42 Å². The highest BCUT2D eigenvalue weighted by molar-refractivity contribution is 7.87. The zero-order valence-corrected chi connectivity index (χ0v) is 13.1. The van der Waals surface area contributed by atoms with Gasteiger partial charge in [-0.05, 0) is 25.9 Å². The summed E-state index contributed by atoms with van der Waals surface area (Å²) in [6, 6.07) is 0. The van der Waals surface area contributed by atoms with Crippen LogP contribution in [-0.4, -0.2) is 55.5 Å². The summed E-state index contributed by atoms with van der Waals surface area (Å²) in [5, 5.41) is 3.25. The molecule has 0 radical (unpaired) electrons. The molecule has 0 bridgehead atoms. The van der Waals surface area contributed by atoms with Crippen LogP contribution in [0.5, 0.6) is 0 Å². The van der Waals surface area contributed by atoms with E-state index in [1.807, 2.05) is 4.57 Å². The third kappa shape index (κ3) is 6.47. The SMILES string of the molecule is CCCNCCCN(C)S(=O)(=O)NCCn1ccnc1. The van der Waals surface area contributed by atoms with E-state index in [-0.39, 0.29) is 0 Å². The van der Waals surface area contributed by atoms with E-state index in [4.69, 9.17) is 0 Å². The Labute approximate surface area is 121 Å². The van der Waals surface area contributed by atoms with E-state index < -0.39 is 10.2 Å². The normalized spacial score (nSPS) is 12.2. The molecule has 1 aromatic rings. The highest BCUT2D eigenvalue weighted by Crippen LogP contribution is 1.95. The second-order valence-electron chi connectivity index (χ2n) is 4.62. The Morgan fingerprint density at radius 3 is 2.75 bits per heavy atom. The second-order valence-corrected chi connectivity index (χ2v) is 6.49. The van der Waals surface area contributed by atoms with Gasteiger partial charge in [0, 0.05) is 39.1 Å². The van der Waals surface area contributed by atoms with Crippen molar-refractivity contribution in [1.82, 2.24) is 23.9 Å². The first kappa shape index (κ1) is 17.1. The molecule has 20 heavy (non-hydrogen) atoms. The van der Waals surface area contributed by atoms with Gasteiger partial charge in [-0.1, -0.05) is 6.92 Å². The molecule has 2 N–H and O–H groups in total. The highest BCUT2D eigenvalue weighted by Gasteiger charge is 2.15. The van der Waals surface area contributed by atoms with Crippen LogP contribution in [0.1, 0.15) is 19.8 Å². The third-order valence-corrected chi connectivity index (χ3v) is 4.45. The van der Waals surface area contributed by atoms with Gasteiger partial charge in [0.05, 0.1) is 6.33 Å². The van der Waals surface area contributed by atoms with Crippen molar-refractivity contribution in [2.45, 2.75) is 26.3 Å². The molecule has 0 unspecified atom stereocenters. The molecule has 1 aromatic heterocycles. The van der Waals surface area contributed by atoms with Crippen molar-refractivity contribution in [1.29, 1.82) is 0 Å². The molecule has 0 saturated heterocycles. The lowest BCUT2D eigenvalue weighted by Crippen LogP contribution is -2.40. The van der Waals surface area contributed by atoms with Crippen LogP contribution in [-0.2, 0) is 16.8 Å². The smallest absolute Gasteiger partial charge is 0.279 e. The minimum atomic E-state index is -3.38. The lowest BCUT2D eigenvalue weighted by Gasteiger charge is -2.17. The molecule has 0 aliphatic heterocycles. The van der Waals surface area contributed by atoms with E-state index in [1.54, 1.807) is 25.8 Å². The molecule has 0 atom stereocenters. The topological polar surface area (TPSA) is 79.3 Å². The van der Waals surface area contributed by atoms with Crippen molar-refractivity contribution in [3.8, 4) is 0 Å². The van der Waals surface area contributed by atoms with E-state index in [2.05, 4.69) is 21.9 Å². The van der Waals surface area contributed by atoms with Crippen LogP contribution in [0.2, 0.25) is 0 Å². The quantitative estimate of drug-likeness (QED) is 0.566. The first-order valence-electron chi connectivity index (χ1n) is 6.93. The van der Waals surface area contributed by atoms with Crippen molar-refractivity contribution in [2.75, 3.05) is 33.2 Å². The summed E-state index contributed by atoms with van der Waals surface area (Å²) in [5.74, 6) is 0. The summed E-state index contributed by atoms with van der Waals surface area (Å²) in [6.45, 7) is 5.36. The Morgan fingerprint density at radius 1 is 1.30 bits per heavy atom. The fourth-order valence-corrected chi connectivity index (χ4v) is 2.62. The molecule has 0 fully saturated rings. The molecule has 116 valence electrons. The number of hydrogen-bond acceptors (Lipinski definition) is 4. The molecule has 0 spiro atoms. The number of rotatable bonds is 11. The van der Waals surface area contributed by atoms with Crippen LogP contribution in [0.15, 0.2) is 18.7 Å².